The highest BCUT2D eigenvalue weighted by Crippen LogP contribution is 2.30. The largest absolute Gasteiger partial charge is 0.444 e. The van der Waals surface area contributed by atoms with Gasteiger partial charge in [-0.2, -0.15) is 0 Å². The number of β-amino-alcohol motifs (C(OH)–C–C–N with tert-alkyl or cyclic N) is 1. The monoisotopic (exact) mass is 231 g/mol. The Hall–Kier alpha value is -0.810. The lowest BCUT2D eigenvalue weighted by Gasteiger charge is -2.34. The van der Waals surface area contributed by atoms with Crippen molar-refractivity contribution in [3.63, 3.8) is 0 Å². The minimum absolute atomic E-state index is 0.100. The van der Waals surface area contributed by atoms with Crippen LogP contribution in [0.25, 0.3) is 0 Å². The lowest BCUT2D eigenvalue weighted by molar-refractivity contribution is -0.0110. The fraction of sp³-hybridized carbons (Fsp3) is 0.909. The summed E-state index contributed by atoms with van der Waals surface area (Å²) in [6.45, 7) is 8.85. The average Bonchev–Trinajstić information content (AvgIpc) is 2.26. The second kappa shape index (κ2) is 3.89. The summed E-state index contributed by atoms with van der Waals surface area (Å²) in [5.41, 5.74) is -1.38. The minimum atomic E-state index is -0.944. The number of ether oxygens (including phenoxy) is 1. The first-order valence-electron chi connectivity index (χ1n) is 5.42. The summed E-state index contributed by atoms with van der Waals surface area (Å²) in [6.07, 6.45) is -2.37. The van der Waals surface area contributed by atoms with Gasteiger partial charge >= 0.3 is 6.09 Å². The normalized spacial score (nSPS) is 29.3. The van der Waals surface area contributed by atoms with E-state index in [1.165, 1.54) is 4.90 Å². The standard InChI is InChI=1S/C11H21NO4/c1-10(2,3)16-9(15)12-6-7(13)8(14)11(12,4)5/h7-8,13-14H,6H2,1-5H3. The van der Waals surface area contributed by atoms with E-state index >= 15 is 0 Å². The third-order valence-electron chi connectivity index (χ3n) is 2.77. The summed E-state index contributed by atoms with van der Waals surface area (Å²) in [6, 6.07) is 0. The van der Waals surface area contributed by atoms with Crippen molar-refractivity contribution in [3.05, 3.63) is 0 Å². The van der Waals surface area contributed by atoms with E-state index in [-0.39, 0.29) is 6.54 Å². The van der Waals surface area contributed by atoms with Crippen molar-refractivity contribution in [2.45, 2.75) is 58.0 Å². The van der Waals surface area contributed by atoms with Crippen LogP contribution < -0.4 is 0 Å². The first-order chi connectivity index (χ1) is 7.05. The molecule has 1 aliphatic heterocycles. The predicted octanol–water partition coefficient (Wildman–Crippen LogP) is 0.738. The van der Waals surface area contributed by atoms with Crippen LogP contribution in [0.15, 0.2) is 0 Å². The minimum Gasteiger partial charge on any atom is -0.444 e. The van der Waals surface area contributed by atoms with E-state index in [0.29, 0.717) is 0 Å². The highest BCUT2D eigenvalue weighted by Gasteiger charge is 2.49. The van der Waals surface area contributed by atoms with Crippen molar-refractivity contribution in [1.82, 2.24) is 4.90 Å². The Balaban J connectivity index is 2.79. The van der Waals surface area contributed by atoms with Crippen LogP contribution in [-0.4, -0.2) is 51.1 Å². The molecule has 1 fully saturated rings. The molecule has 1 heterocycles. The van der Waals surface area contributed by atoms with Crippen LogP contribution in [0.2, 0.25) is 0 Å². The number of carbonyl (C=O) groups is 1. The third kappa shape index (κ3) is 2.47. The highest BCUT2D eigenvalue weighted by atomic mass is 16.6. The van der Waals surface area contributed by atoms with E-state index in [1.807, 2.05) is 0 Å². The van der Waals surface area contributed by atoms with Crippen LogP contribution in [0, 0.1) is 0 Å². The number of hydrogen-bond acceptors (Lipinski definition) is 4. The molecule has 5 nitrogen and oxygen atoms in total. The molecule has 0 bridgehead atoms. The van der Waals surface area contributed by atoms with E-state index in [0.717, 1.165) is 0 Å². The first-order valence-corrected chi connectivity index (χ1v) is 5.42. The first kappa shape index (κ1) is 13.3. The second-order valence-corrected chi connectivity index (χ2v) is 5.76. The van der Waals surface area contributed by atoms with Gasteiger partial charge in [-0.15, -0.1) is 0 Å². The fourth-order valence-electron chi connectivity index (χ4n) is 1.78. The summed E-state index contributed by atoms with van der Waals surface area (Å²) in [4.78, 5) is 13.2. The van der Waals surface area contributed by atoms with Crippen molar-refractivity contribution >= 4 is 6.09 Å². The molecule has 0 aromatic rings. The molecule has 0 aliphatic carbocycles. The molecule has 94 valence electrons. The maximum atomic E-state index is 11.8. The molecule has 0 saturated carbocycles. The topological polar surface area (TPSA) is 70.0 Å². The molecule has 1 aliphatic rings. The zero-order valence-electron chi connectivity index (χ0n) is 10.5. The molecule has 2 N–H and O–H groups in total. The fourth-order valence-corrected chi connectivity index (χ4v) is 1.78. The van der Waals surface area contributed by atoms with Crippen LogP contribution in [0.1, 0.15) is 34.6 Å². The zero-order valence-corrected chi connectivity index (χ0v) is 10.5. The Morgan fingerprint density at radius 2 is 1.88 bits per heavy atom. The summed E-state index contributed by atoms with van der Waals surface area (Å²) < 4.78 is 5.22. The van der Waals surface area contributed by atoms with Crippen molar-refractivity contribution in [2.24, 2.45) is 0 Å². The van der Waals surface area contributed by atoms with Gasteiger partial charge in [0.05, 0.1) is 18.2 Å². The molecule has 0 spiro atoms. The van der Waals surface area contributed by atoms with Crippen molar-refractivity contribution in [1.29, 1.82) is 0 Å². The second-order valence-electron chi connectivity index (χ2n) is 5.76. The molecule has 2 unspecified atom stereocenters. The molecular formula is C11H21NO4. The van der Waals surface area contributed by atoms with Crippen LogP contribution >= 0.6 is 0 Å². The van der Waals surface area contributed by atoms with Gasteiger partial charge in [-0.1, -0.05) is 0 Å². The lowest BCUT2D eigenvalue weighted by Crippen LogP contribution is -2.50. The Labute approximate surface area is 96.0 Å². The quantitative estimate of drug-likeness (QED) is 0.645. The molecule has 5 heteroatoms. The van der Waals surface area contributed by atoms with Gasteiger partial charge in [0, 0.05) is 0 Å². The van der Waals surface area contributed by atoms with Crippen molar-refractivity contribution < 1.29 is 19.7 Å². The molecule has 0 aromatic carbocycles. The van der Waals surface area contributed by atoms with E-state index in [4.69, 9.17) is 4.74 Å². The Morgan fingerprint density at radius 3 is 2.19 bits per heavy atom. The van der Waals surface area contributed by atoms with Gasteiger partial charge in [0.2, 0.25) is 0 Å². The van der Waals surface area contributed by atoms with Crippen molar-refractivity contribution in [2.75, 3.05) is 6.54 Å². The lowest BCUT2D eigenvalue weighted by atomic mass is 9.98. The maximum absolute atomic E-state index is 11.8. The molecule has 1 saturated heterocycles. The van der Waals surface area contributed by atoms with E-state index < -0.39 is 29.4 Å². The summed E-state index contributed by atoms with van der Waals surface area (Å²) in [7, 11) is 0. The number of rotatable bonds is 0. The smallest absolute Gasteiger partial charge is 0.410 e. The Morgan fingerprint density at radius 1 is 1.38 bits per heavy atom. The van der Waals surface area contributed by atoms with Gasteiger partial charge in [-0.25, -0.2) is 4.79 Å². The number of likely N-dealkylation sites (tertiary alicyclic amines) is 1. The molecular weight excluding hydrogens is 210 g/mol. The Kier molecular flexibility index (Phi) is 3.22. The predicted molar refractivity (Wildman–Crippen MR) is 59.0 cm³/mol. The number of carbonyl (C=O) groups excluding carboxylic acids is 1. The van der Waals surface area contributed by atoms with Gasteiger partial charge in [0.25, 0.3) is 0 Å². The SMILES string of the molecule is CC(C)(C)OC(=O)N1CC(O)C(O)C1(C)C. The van der Waals surface area contributed by atoms with Gasteiger partial charge in [-0.3, -0.25) is 4.90 Å². The van der Waals surface area contributed by atoms with Gasteiger partial charge in [0.1, 0.15) is 11.7 Å². The molecule has 1 amide bonds. The number of hydrogen-bond donors (Lipinski definition) is 2. The average molecular weight is 231 g/mol. The van der Waals surface area contributed by atoms with E-state index in [2.05, 4.69) is 0 Å². The summed E-state index contributed by atoms with van der Waals surface area (Å²) >= 11 is 0. The van der Waals surface area contributed by atoms with E-state index in [1.54, 1.807) is 34.6 Å². The number of aliphatic hydroxyl groups excluding tert-OH is 2. The third-order valence-corrected chi connectivity index (χ3v) is 2.77. The zero-order chi connectivity index (χ0) is 12.7. The van der Waals surface area contributed by atoms with Gasteiger partial charge in [0.15, 0.2) is 0 Å². The molecule has 16 heavy (non-hydrogen) atoms. The number of amides is 1. The highest BCUT2D eigenvalue weighted by molar-refractivity contribution is 5.70. The van der Waals surface area contributed by atoms with Crippen molar-refractivity contribution in [3.8, 4) is 0 Å². The maximum Gasteiger partial charge on any atom is 0.410 e. The molecule has 0 aromatic heterocycles. The van der Waals surface area contributed by atoms with Crippen LogP contribution in [0.3, 0.4) is 0 Å². The molecule has 2 atom stereocenters. The van der Waals surface area contributed by atoms with Gasteiger partial charge < -0.3 is 14.9 Å². The van der Waals surface area contributed by atoms with Gasteiger partial charge in [-0.05, 0) is 34.6 Å². The summed E-state index contributed by atoms with van der Waals surface area (Å²) in [5, 5.41) is 19.3. The van der Waals surface area contributed by atoms with Crippen LogP contribution in [0.5, 0.6) is 0 Å². The molecule has 0 radical (unpaired) electrons. The number of aliphatic hydroxyl groups is 2. The van der Waals surface area contributed by atoms with Crippen LogP contribution in [-0.2, 0) is 4.74 Å². The van der Waals surface area contributed by atoms with Crippen LogP contribution in [0.4, 0.5) is 4.79 Å². The molecule has 1 rings (SSSR count). The number of nitrogens with zero attached hydrogens (tertiary/aromatic N) is 1. The summed E-state index contributed by atoms with van der Waals surface area (Å²) in [5.74, 6) is 0. The van der Waals surface area contributed by atoms with E-state index in [9.17, 15) is 15.0 Å². The Bertz CT molecular complexity index is 282.